The van der Waals surface area contributed by atoms with Crippen molar-refractivity contribution in [2.75, 3.05) is 6.61 Å². The number of aromatic nitrogens is 1. The van der Waals surface area contributed by atoms with Crippen LogP contribution < -0.4 is 10.6 Å². The zero-order valence-electron chi connectivity index (χ0n) is 12.5. The molecule has 0 unspecified atom stereocenters. The van der Waals surface area contributed by atoms with Gasteiger partial charge in [-0.1, -0.05) is 29.8 Å². The molecule has 1 aliphatic rings. The SMILES string of the molecule is O=C(COC(=O)c1cc(Cl)nc2ccccc12)NC(=O)NC1CC1. The molecule has 0 bridgehead atoms. The molecule has 1 fully saturated rings. The van der Waals surface area contributed by atoms with E-state index in [1.165, 1.54) is 6.07 Å². The lowest BCUT2D eigenvalue weighted by atomic mass is 10.1. The molecular weight excluding hydrogens is 334 g/mol. The van der Waals surface area contributed by atoms with Gasteiger partial charge < -0.3 is 10.1 Å². The molecule has 0 radical (unpaired) electrons. The summed E-state index contributed by atoms with van der Waals surface area (Å²) in [5, 5.41) is 5.42. The van der Waals surface area contributed by atoms with Crippen molar-refractivity contribution in [3.63, 3.8) is 0 Å². The number of benzene rings is 1. The van der Waals surface area contributed by atoms with Gasteiger partial charge in [-0.3, -0.25) is 10.1 Å². The monoisotopic (exact) mass is 347 g/mol. The molecule has 1 aromatic carbocycles. The number of nitrogens with one attached hydrogen (secondary N) is 2. The van der Waals surface area contributed by atoms with E-state index in [1.807, 2.05) is 0 Å². The molecule has 2 N–H and O–H groups in total. The highest BCUT2D eigenvalue weighted by Gasteiger charge is 2.24. The summed E-state index contributed by atoms with van der Waals surface area (Å²) in [6.45, 7) is -0.564. The maximum atomic E-state index is 12.2. The number of pyridine rings is 1. The van der Waals surface area contributed by atoms with E-state index in [-0.39, 0.29) is 16.8 Å². The fourth-order valence-electron chi connectivity index (χ4n) is 2.13. The van der Waals surface area contributed by atoms with Crippen molar-refractivity contribution in [3.8, 4) is 0 Å². The van der Waals surface area contributed by atoms with E-state index in [1.54, 1.807) is 24.3 Å². The van der Waals surface area contributed by atoms with Crippen LogP contribution in [0.4, 0.5) is 4.79 Å². The standard InChI is InChI=1S/C16H14ClN3O4/c17-13-7-11(10-3-1-2-4-12(10)19-13)15(22)24-8-14(21)20-16(23)18-9-5-6-9/h1-4,7,9H,5-6,8H2,(H2,18,20,21,23). The number of nitrogens with zero attached hydrogens (tertiary/aromatic N) is 1. The molecule has 1 aliphatic carbocycles. The minimum absolute atomic E-state index is 0.130. The van der Waals surface area contributed by atoms with Crippen LogP contribution in [-0.4, -0.2) is 35.5 Å². The molecular formula is C16H14ClN3O4. The average molecular weight is 348 g/mol. The fraction of sp³-hybridized carbons (Fsp3) is 0.250. The quantitative estimate of drug-likeness (QED) is 0.651. The summed E-state index contributed by atoms with van der Waals surface area (Å²) in [7, 11) is 0. The lowest BCUT2D eigenvalue weighted by Gasteiger charge is -2.08. The Kier molecular flexibility index (Phi) is 4.61. The van der Waals surface area contributed by atoms with Crippen LogP contribution in [-0.2, 0) is 9.53 Å². The van der Waals surface area contributed by atoms with E-state index in [0.717, 1.165) is 12.8 Å². The smallest absolute Gasteiger partial charge is 0.339 e. The van der Waals surface area contributed by atoms with Crippen LogP contribution in [0.3, 0.4) is 0 Å². The number of amides is 3. The van der Waals surface area contributed by atoms with Gasteiger partial charge in [0.15, 0.2) is 6.61 Å². The molecule has 1 aromatic heterocycles. The van der Waals surface area contributed by atoms with Crippen LogP contribution in [0.15, 0.2) is 30.3 Å². The van der Waals surface area contributed by atoms with Gasteiger partial charge in [0.1, 0.15) is 5.15 Å². The third-order valence-electron chi connectivity index (χ3n) is 3.40. The molecule has 1 heterocycles. The Morgan fingerprint density at radius 3 is 2.75 bits per heavy atom. The molecule has 2 aromatic rings. The second kappa shape index (κ2) is 6.84. The Labute approximate surface area is 142 Å². The number of fused-ring (bicyclic) bond motifs is 1. The van der Waals surface area contributed by atoms with E-state index < -0.39 is 24.5 Å². The lowest BCUT2D eigenvalue weighted by molar-refractivity contribution is -0.123. The molecule has 0 aliphatic heterocycles. The first-order valence-electron chi connectivity index (χ1n) is 7.35. The normalized spacial score (nSPS) is 13.4. The Morgan fingerprint density at radius 1 is 1.25 bits per heavy atom. The minimum atomic E-state index is -0.715. The highest BCUT2D eigenvalue weighted by Crippen LogP contribution is 2.21. The van der Waals surface area contributed by atoms with Crippen molar-refractivity contribution >= 4 is 40.4 Å². The first-order valence-corrected chi connectivity index (χ1v) is 7.73. The predicted molar refractivity (Wildman–Crippen MR) is 86.7 cm³/mol. The van der Waals surface area contributed by atoms with Gasteiger partial charge in [0.05, 0.1) is 11.1 Å². The highest BCUT2D eigenvalue weighted by molar-refractivity contribution is 6.30. The maximum Gasteiger partial charge on any atom is 0.339 e. The van der Waals surface area contributed by atoms with Gasteiger partial charge in [0, 0.05) is 11.4 Å². The van der Waals surface area contributed by atoms with Crippen molar-refractivity contribution in [1.29, 1.82) is 0 Å². The molecule has 3 amide bonds. The van der Waals surface area contributed by atoms with Crippen molar-refractivity contribution < 1.29 is 19.1 Å². The summed E-state index contributed by atoms with van der Waals surface area (Å²) < 4.78 is 4.96. The number of imide groups is 1. The first-order chi connectivity index (χ1) is 11.5. The van der Waals surface area contributed by atoms with E-state index in [4.69, 9.17) is 16.3 Å². The van der Waals surface area contributed by atoms with Crippen LogP contribution in [0.25, 0.3) is 10.9 Å². The summed E-state index contributed by atoms with van der Waals surface area (Å²) >= 11 is 5.90. The predicted octanol–water partition coefficient (Wildman–Crippen LogP) is 2.03. The van der Waals surface area contributed by atoms with Crippen molar-refractivity contribution in [3.05, 3.63) is 41.0 Å². The fourth-order valence-corrected chi connectivity index (χ4v) is 2.33. The van der Waals surface area contributed by atoms with Crippen LogP contribution in [0.2, 0.25) is 5.15 Å². The van der Waals surface area contributed by atoms with Crippen molar-refractivity contribution in [2.24, 2.45) is 0 Å². The zero-order valence-corrected chi connectivity index (χ0v) is 13.3. The number of ether oxygens (including phenoxy) is 1. The largest absolute Gasteiger partial charge is 0.452 e. The Bertz CT molecular complexity index is 820. The van der Waals surface area contributed by atoms with E-state index in [9.17, 15) is 14.4 Å². The van der Waals surface area contributed by atoms with Crippen LogP contribution in [0, 0.1) is 0 Å². The molecule has 124 valence electrons. The van der Waals surface area contributed by atoms with Gasteiger partial charge >= 0.3 is 12.0 Å². The summed E-state index contributed by atoms with van der Waals surface area (Å²) in [5.74, 6) is -1.42. The Balaban J connectivity index is 1.62. The molecule has 24 heavy (non-hydrogen) atoms. The van der Waals surface area contributed by atoms with E-state index in [2.05, 4.69) is 15.6 Å². The summed E-state index contributed by atoms with van der Waals surface area (Å²) in [5.41, 5.74) is 0.756. The van der Waals surface area contributed by atoms with Gasteiger partial charge in [-0.05, 0) is 25.0 Å². The number of para-hydroxylation sites is 1. The Morgan fingerprint density at radius 2 is 2.00 bits per heavy atom. The van der Waals surface area contributed by atoms with Crippen LogP contribution >= 0.6 is 11.6 Å². The Hall–Kier alpha value is -2.67. The number of urea groups is 1. The van der Waals surface area contributed by atoms with Gasteiger partial charge in [-0.15, -0.1) is 0 Å². The van der Waals surface area contributed by atoms with Gasteiger partial charge in [-0.2, -0.15) is 0 Å². The van der Waals surface area contributed by atoms with Gasteiger partial charge in [0.25, 0.3) is 5.91 Å². The summed E-state index contributed by atoms with van der Waals surface area (Å²) in [6.07, 6.45) is 1.82. The average Bonchev–Trinajstić information content (AvgIpc) is 3.35. The molecule has 0 spiro atoms. The molecule has 7 nitrogen and oxygen atoms in total. The summed E-state index contributed by atoms with van der Waals surface area (Å²) in [6, 6.07) is 7.87. The second-order valence-electron chi connectivity index (χ2n) is 5.38. The molecule has 3 rings (SSSR count). The maximum absolute atomic E-state index is 12.2. The summed E-state index contributed by atoms with van der Waals surface area (Å²) in [4.78, 5) is 39.4. The van der Waals surface area contributed by atoms with Gasteiger partial charge in [0.2, 0.25) is 0 Å². The topological polar surface area (TPSA) is 97.4 Å². The number of hydrogen-bond donors (Lipinski definition) is 2. The van der Waals surface area contributed by atoms with Crippen LogP contribution in [0.1, 0.15) is 23.2 Å². The number of hydrogen-bond acceptors (Lipinski definition) is 5. The van der Waals surface area contributed by atoms with Crippen molar-refractivity contribution in [2.45, 2.75) is 18.9 Å². The first kappa shape index (κ1) is 16.2. The third-order valence-corrected chi connectivity index (χ3v) is 3.60. The third kappa shape index (κ3) is 3.99. The van der Waals surface area contributed by atoms with Crippen LogP contribution in [0.5, 0.6) is 0 Å². The number of carbonyl (C=O) groups is 3. The highest BCUT2D eigenvalue weighted by atomic mass is 35.5. The second-order valence-corrected chi connectivity index (χ2v) is 5.77. The number of halogens is 1. The molecule has 8 heteroatoms. The van der Waals surface area contributed by atoms with E-state index in [0.29, 0.717) is 10.9 Å². The minimum Gasteiger partial charge on any atom is -0.452 e. The van der Waals surface area contributed by atoms with E-state index >= 15 is 0 Å². The zero-order chi connectivity index (χ0) is 17.1. The van der Waals surface area contributed by atoms with Gasteiger partial charge in [-0.25, -0.2) is 14.6 Å². The number of carbonyl (C=O) groups excluding carboxylic acids is 3. The lowest BCUT2D eigenvalue weighted by Crippen LogP contribution is -2.42. The molecule has 0 atom stereocenters. The number of esters is 1. The molecule has 0 saturated heterocycles. The van der Waals surface area contributed by atoms with Crippen molar-refractivity contribution in [1.82, 2.24) is 15.6 Å². The number of rotatable bonds is 4. The molecule has 1 saturated carbocycles.